The number of allylic oxidation sites excluding steroid dienone is 2. The van der Waals surface area contributed by atoms with Gasteiger partial charge in [-0.1, -0.05) is 13.8 Å². The molecule has 0 unspecified atom stereocenters. The summed E-state index contributed by atoms with van der Waals surface area (Å²) in [6, 6.07) is 5.92. The number of aliphatic hydroxyl groups is 1. The summed E-state index contributed by atoms with van der Waals surface area (Å²) in [6.45, 7) is 15.1. The van der Waals surface area contributed by atoms with E-state index in [1.165, 1.54) is 11.0 Å². The second kappa shape index (κ2) is 21.8. The minimum absolute atomic E-state index is 0.0556. The first-order valence-corrected chi connectivity index (χ1v) is 23.1. The minimum atomic E-state index is -0.535. The van der Waals surface area contributed by atoms with Crippen LogP contribution in [0, 0.1) is 13.8 Å². The SMILES string of the molecule is CCC1=C(C)c2cc3[nH]c(cc4nc(c5c6[nH]c(cc1n2)c(C)c6C(=O)N(CCN1CCOCC1)C5=O)[C@@H](CCC(=O)N(C)CCN)[C@@H]4C)c(C)c3/C=C/C(=O)OCCOCCOCCO. The van der Waals surface area contributed by atoms with Gasteiger partial charge in [0.05, 0.1) is 80.0 Å². The monoisotopic (exact) mass is 908 g/mol. The van der Waals surface area contributed by atoms with Crippen molar-refractivity contribution in [3.63, 3.8) is 0 Å². The van der Waals surface area contributed by atoms with Gasteiger partial charge in [-0.3, -0.25) is 29.2 Å². The number of aryl methyl sites for hydroxylation is 2. The number of aromatic nitrogens is 4. The molecule has 1 fully saturated rings. The molecule has 17 nitrogen and oxygen atoms in total. The molecule has 2 atom stereocenters. The first kappa shape index (κ1) is 48.4. The lowest BCUT2D eigenvalue weighted by molar-refractivity contribution is -0.139. The first-order valence-electron chi connectivity index (χ1n) is 23.1. The lowest BCUT2D eigenvalue weighted by Crippen LogP contribution is -2.47. The summed E-state index contributed by atoms with van der Waals surface area (Å²) in [5, 5.41) is 8.86. The number of esters is 1. The highest BCUT2D eigenvalue weighted by Crippen LogP contribution is 2.44. The number of nitrogens with zero attached hydrogens (tertiary/aromatic N) is 5. The van der Waals surface area contributed by atoms with Gasteiger partial charge in [0.2, 0.25) is 5.91 Å². The Hall–Kier alpha value is -5.56. The molecule has 7 heterocycles. The number of rotatable bonds is 19. The van der Waals surface area contributed by atoms with Crippen LogP contribution in [0.3, 0.4) is 0 Å². The van der Waals surface area contributed by atoms with E-state index in [0.29, 0.717) is 111 Å². The Balaban J connectivity index is 1.39. The summed E-state index contributed by atoms with van der Waals surface area (Å²) in [7, 11) is 1.74. The van der Waals surface area contributed by atoms with Crippen LogP contribution < -0.4 is 5.73 Å². The molecule has 8 bridgehead atoms. The smallest absolute Gasteiger partial charge is 0.330 e. The van der Waals surface area contributed by atoms with Gasteiger partial charge in [-0.25, -0.2) is 9.78 Å². The largest absolute Gasteiger partial charge is 0.460 e. The molecule has 3 aromatic rings. The lowest BCUT2D eigenvalue weighted by atomic mass is 9.84. The molecule has 3 amide bonds. The number of hydrogen-bond acceptors (Lipinski definition) is 13. The third kappa shape index (κ3) is 10.4. The van der Waals surface area contributed by atoms with E-state index in [9.17, 15) is 14.4 Å². The van der Waals surface area contributed by atoms with Crippen LogP contribution in [-0.4, -0.2) is 163 Å². The molecule has 66 heavy (non-hydrogen) atoms. The van der Waals surface area contributed by atoms with Gasteiger partial charge >= 0.3 is 5.97 Å². The van der Waals surface area contributed by atoms with E-state index in [1.54, 1.807) is 18.0 Å². The van der Waals surface area contributed by atoms with E-state index in [0.717, 1.165) is 44.7 Å². The number of fused-ring (bicyclic) bond motifs is 8. The molecule has 3 aromatic heterocycles. The molecule has 5 N–H and O–H groups in total. The molecule has 17 heteroatoms. The average Bonchev–Trinajstić information content (AvgIpc) is 3.98. The highest BCUT2D eigenvalue weighted by atomic mass is 16.6. The van der Waals surface area contributed by atoms with Gasteiger partial charge in [0.25, 0.3) is 11.8 Å². The van der Waals surface area contributed by atoms with Crippen LogP contribution in [0.15, 0.2) is 24.3 Å². The molecule has 0 aromatic carbocycles. The van der Waals surface area contributed by atoms with Crippen molar-refractivity contribution < 1.29 is 43.2 Å². The number of ether oxygens (including phenoxy) is 4. The fraction of sp³-hybridized carbons (Fsp3) is 0.510. The Morgan fingerprint density at radius 3 is 2.35 bits per heavy atom. The number of carbonyl (C=O) groups is 4. The standard InChI is InChI=1S/C49H64N8O9/c1-7-33-29(2)37-27-41-34(9-11-43(60)66-25-24-65-23-22-64-21-18-58)30(3)36(52-41)26-38-31(4)35(8-10-42(59)55(6)13-12-50)46(53-38)45-47-44(32(5)39(54-47)28-40(33)51-37)48(61)57(49(45)62)15-14-56-16-19-63-20-17-56/h9,11,26-28,31,35,52,54,58H,7-8,10,12-25,50H2,1-6H3/b11-9+,36-26?,37-27?,38-26?,39-28?,40-28?,41-27?,46-45?/t31-,35-/m0/s1. The third-order valence-electron chi connectivity index (χ3n) is 13.1. The van der Waals surface area contributed by atoms with E-state index < -0.39 is 11.9 Å². The summed E-state index contributed by atoms with van der Waals surface area (Å²) < 4.78 is 21.7. The zero-order valence-corrected chi connectivity index (χ0v) is 39.1. The van der Waals surface area contributed by atoms with Crippen molar-refractivity contribution >= 4 is 63.0 Å². The van der Waals surface area contributed by atoms with Crippen molar-refractivity contribution in [3.05, 3.63) is 74.9 Å². The number of H-pyrrole nitrogens is 2. The maximum absolute atomic E-state index is 15.1. The second-order valence-corrected chi connectivity index (χ2v) is 17.2. The van der Waals surface area contributed by atoms with Gasteiger partial charge in [0.15, 0.2) is 0 Å². The van der Waals surface area contributed by atoms with Crippen LogP contribution in [0.5, 0.6) is 0 Å². The Kier molecular flexibility index (Phi) is 16.0. The lowest BCUT2D eigenvalue weighted by Gasteiger charge is -2.31. The van der Waals surface area contributed by atoms with E-state index in [2.05, 4.69) is 28.7 Å². The molecule has 7 rings (SSSR count). The number of aliphatic hydroxyl groups excluding tert-OH is 1. The van der Waals surface area contributed by atoms with Crippen molar-refractivity contribution in [1.82, 2.24) is 34.6 Å². The highest BCUT2D eigenvalue weighted by Gasteiger charge is 2.41. The van der Waals surface area contributed by atoms with Crippen LogP contribution >= 0.6 is 0 Å². The van der Waals surface area contributed by atoms with Gasteiger partial charge in [-0.2, -0.15) is 0 Å². The Bertz CT molecular complexity index is 2550. The number of carbonyl (C=O) groups excluding carboxylic acids is 4. The number of nitrogens with two attached hydrogens (primary N) is 1. The van der Waals surface area contributed by atoms with Crippen molar-refractivity contribution in [2.45, 2.75) is 65.7 Å². The topological polar surface area (TPSA) is 219 Å². The Morgan fingerprint density at radius 1 is 0.924 bits per heavy atom. The molecular formula is C49H64N8O9. The fourth-order valence-corrected chi connectivity index (χ4v) is 9.20. The number of morpholine rings is 1. The van der Waals surface area contributed by atoms with Crippen LogP contribution in [0.25, 0.3) is 39.3 Å². The van der Waals surface area contributed by atoms with E-state index >= 15 is 4.79 Å². The van der Waals surface area contributed by atoms with E-state index in [-0.39, 0.29) is 63.0 Å². The van der Waals surface area contributed by atoms with Gasteiger partial charge in [-0.05, 0) is 80.2 Å². The summed E-state index contributed by atoms with van der Waals surface area (Å²) in [5.41, 5.74) is 16.1. The molecule has 0 radical (unpaired) electrons. The van der Waals surface area contributed by atoms with Crippen LogP contribution in [0.4, 0.5) is 0 Å². The molecule has 0 aliphatic carbocycles. The average molecular weight is 909 g/mol. The van der Waals surface area contributed by atoms with Crippen molar-refractivity contribution in [2.75, 3.05) is 99.2 Å². The molecule has 4 aliphatic heterocycles. The highest BCUT2D eigenvalue weighted by molar-refractivity contribution is 6.23. The molecular weight excluding hydrogens is 845 g/mol. The number of hydrogen-bond donors (Lipinski definition) is 4. The van der Waals surface area contributed by atoms with Crippen molar-refractivity contribution in [1.29, 1.82) is 0 Å². The van der Waals surface area contributed by atoms with Crippen molar-refractivity contribution in [2.24, 2.45) is 5.73 Å². The zero-order valence-electron chi connectivity index (χ0n) is 39.1. The Labute approximate surface area is 385 Å². The zero-order chi connectivity index (χ0) is 47.1. The maximum Gasteiger partial charge on any atom is 0.330 e. The van der Waals surface area contributed by atoms with E-state index in [1.807, 2.05) is 39.0 Å². The number of nitrogens with one attached hydrogen (secondary N) is 2. The quantitative estimate of drug-likeness (QED) is 0.0547. The predicted molar refractivity (Wildman–Crippen MR) is 252 cm³/mol. The number of imide groups is 1. The summed E-state index contributed by atoms with van der Waals surface area (Å²) in [6.07, 6.45) is 4.42. The first-order chi connectivity index (χ1) is 31.9. The molecule has 354 valence electrons. The van der Waals surface area contributed by atoms with E-state index in [4.69, 9.17) is 39.8 Å². The number of aromatic amines is 2. The molecule has 0 spiro atoms. The fourth-order valence-electron chi connectivity index (χ4n) is 9.20. The van der Waals surface area contributed by atoms with Crippen LogP contribution in [-0.2, 0) is 28.5 Å². The molecule has 4 aliphatic rings. The summed E-state index contributed by atoms with van der Waals surface area (Å²) in [4.78, 5) is 78.9. The van der Waals surface area contributed by atoms with Crippen LogP contribution in [0.2, 0.25) is 0 Å². The van der Waals surface area contributed by atoms with Gasteiger partial charge in [-0.15, -0.1) is 0 Å². The number of likely N-dealkylation sites (N-methyl/N-ethyl adjacent to an activating group) is 1. The maximum atomic E-state index is 15.1. The third-order valence-corrected chi connectivity index (χ3v) is 13.1. The summed E-state index contributed by atoms with van der Waals surface area (Å²) in [5.74, 6) is -1.99. The second-order valence-electron chi connectivity index (χ2n) is 17.2. The number of amides is 3. The molecule has 0 saturated carbocycles. The van der Waals surface area contributed by atoms with Gasteiger partial charge in [0.1, 0.15) is 6.61 Å². The summed E-state index contributed by atoms with van der Waals surface area (Å²) >= 11 is 0. The van der Waals surface area contributed by atoms with Crippen LogP contribution in [0.1, 0.15) is 112 Å². The normalized spacial score (nSPS) is 17.7. The minimum Gasteiger partial charge on any atom is -0.460 e. The predicted octanol–water partition coefficient (Wildman–Crippen LogP) is 4.87. The molecule has 1 saturated heterocycles. The van der Waals surface area contributed by atoms with Gasteiger partial charge < -0.3 is 44.7 Å². The van der Waals surface area contributed by atoms with Crippen molar-refractivity contribution in [3.8, 4) is 0 Å². The Morgan fingerprint density at radius 2 is 1.62 bits per heavy atom. The van der Waals surface area contributed by atoms with Gasteiger partial charge in [0, 0.05) is 98.5 Å².